The third-order valence-electron chi connectivity index (χ3n) is 7.27. The number of benzene rings is 4. The summed E-state index contributed by atoms with van der Waals surface area (Å²) in [7, 11) is 0. The Morgan fingerprint density at radius 1 is 0.857 bits per heavy atom. The molecule has 1 N–H and O–H groups in total. The van der Waals surface area contributed by atoms with Crippen LogP contribution >= 0.6 is 0 Å². The van der Waals surface area contributed by atoms with Gasteiger partial charge in [-0.3, -0.25) is 9.36 Å². The molecule has 0 saturated carbocycles. The highest BCUT2D eigenvalue weighted by molar-refractivity contribution is 6.12. The highest BCUT2D eigenvalue weighted by Crippen LogP contribution is 2.51. The SMILES string of the molecule is CCc1ccc2c(c1)C1(Nc3ccccc3-c3nc4ccccc4n31)C(=O)N2Cc1ccccc1. The Hall–Kier alpha value is -4.38. The molecule has 170 valence electrons. The number of aryl methyl sites for hydroxylation is 1. The van der Waals surface area contributed by atoms with Gasteiger partial charge in [0, 0.05) is 16.8 Å². The Bertz CT molecular complexity index is 1620. The van der Waals surface area contributed by atoms with Crippen molar-refractivity contribution in [3.8, 4) is 11.4 Å². The normalized spacial score (nSPS) is 17.9. The Balaban J connectivity index is 1.55. The highest BCUT2D eigenvalue weighted by atomic mass is 16.2. The van der Waals surface area contributed by atoms with E-state index in [0.717, 1.165) is 51.3 Å². The van der Waals surface area contributed by atoms with Crippen molar-refractivity contribution >= 4 is 28.3 Å². The van der Waals surface area contributed by atoms with E-state index in [2.05, 4.69) is 59.3 Å². The van der Waals surface area contributed by atoms with E-state index in [4.69, 9.17) is 4.98 Å². The first-order chi connectivity index (χ1) is 17.2. The number of anilines is 2. The molecule has 1 atom stereocenters. The number of hydrogen-bond acceptors (Lipinski definition) is 3. The number of fused-ring (bicyclic) bond motifs is 8. The second kappa shape index (κ2) is 7.31. The third-order valence-corrected chi connectivity index (χ3v) is 7.27. The van der Waals surface area contributed by atoms with E-state index in [-0.39, 0.29) is 5.91 Å². The maximum Gasteiger partial charge on any atom is 0.279 e. The molecule has 5 aromatic rings. The minimum absolute atomic E-state index is 0.00325. The van der Waals surface area contributed by atoms with Gasteiger partial charge >= 0.3 is 0 Å². The fourth-order valence-electron chi connectivity index (χ4n) is 5.59. The van der Waals surface area contributed by atoms with E-state index in [9.17, 15) is 4.79 Å². The molecule has 5 heteroatoms. The van der Waals surface area contributed by atoms with Crippen LogP contribution in [0, 0.1) is 0 Å². The molecule has 1 amide bonds. The second-order valence-electron chi connectivity index (χ2n) is 9.22. The van der Waals surface area contributed by atoms with Crippen LogP contribution in [0.4, 0.5) is 11.4 Å². The molecule has 0 fully saturated rings. The average molecular weight is 457 g/mol. The lowest BCUT2D eigenvalue weighted by Gasteiger charge is -2.38. The summed E-state index contributed by atoms with van der Waals surface area (Å²) in [6, 6.07) is 32.8. The van der Waals surface area contributed by atoms with E-state index in [1.165, 1.54) is 5.56 Å². The number of rotatable bonds is 3. The molecule has 0 radical (unpaired) electrons. The summed E-state index contributed by atoms with van der Waals surface area (Å²) < 4.78 is 2.12. The lowest BCUT2D eigenvalue weighted by molar-refractivity contribution is -0.123. The molecule has 35 heavy (non-hydrogen) atoms. The zero-order valence-corrected chi connectivity index (χ0v) is 19.4. The smallest absolute Gasteiger partial charge is 0.279 e. The number of carbonyl (C=O) groups is 1. The second-order valence-corrected chi connectivity index (χ2v) is 9.22. The first-order valence-electron chi connectivity index (χ1n) is 12.1. The van der Waals surface area contributed by atoms with Gasteiger partial charge in [0.2, 0.25) is 5.66 Å². The topological polar surface area (TPSA) is 50.2 Å². The summed E-state index contributed by atoms with van der Waals surface area (Å²) in [4.78, 5) is 21.6. The van der Waals surface area contributed by atoms with Crippen molar-refractivity contribution in [2.45, 2.75) is 25.6 Å². The van der Waals surface area contributed by atoms with Crippen molar-refractivity contribution in [3.63, 3.8) is 0 Å². The number of hydrogen-bond donors (Lipinski definition) is 1. The van der Waals surface area contributed by atoms with E-state index in [1.807, 2.05) is 59.5 Å². The standard InChI is InChI=1S/C30H24N4O/c1-2-20-16-17-26-23(18-20)30(29(35)33(26)19-21-10-4-3-5-11-21)32-24-13-7-6-12-22(24)28-31-25-14-8-9-15-27(25)34(28)30/h3-18,32H,2,19H2,1H3. The summed E-state index contributed by atoms with van der Waals surface area (Å²) >= 11 is 0. The van der Waals surface area contributed by atoms with Crippen LogP contribution < -0.4 is 10.2 Å². The maximum absolute atomic E-state index is 14.7. The Labute approximate surface area is 203 Å². The first-order valence-corrected chi connectivity index (χ1v) is 12.1. The lowest BCUT2D eigenvalue weighted by atomic mass is 9.93. The van der Waals surface area contributed by atoms with Crippen molar-refractivity contribution in [2.75, 3.05) is 10.2 Å². The number of carbonyl (C=O) groups excluding carboxylic acids is 1. The maximum atomic E-state index is 14.7. The molecule has 2 aliphatic heterocycles. The van der Waals surface area contributed by atoms with Gasteiger partial charge in [0.05, 0.1) is 23.3 Å². The van der Waals surface area contributed by atoms with Crippen LogP contribution in [0.5, 0.6) is 0 Å². The fraction of sp³-hybridized carbons (Fsp3) is 0.133. The molecule has 0 aliphatic carbocycles. The molecule has 0 bridgehead atoms. The molecule has 7 rings (SSSR count). The van der Waals surface area contributed by atoms with E-state index < -0.39 is 5.66 Å². The van der Waals surface area contributed by atoms with Gasteiger partial charge in [-0.25, -0.2) is 4.98 Å². The largest absolute Gasteiger partial charge is 0.350 e. The number of imidazole rings is 1. The molecule has 1 aromatic heterocycles. The van der Waals surface area contributed by atoms with Gasteiger partial charge in [-0.2, -0.15) is 0 Å². The number of aromatic nitrogens is 2. The Morgan fingerprint density at radius 3 is 2.49 bits per heavy atom. The summed E-state index contributed by atoms with van der Waals surface area (Å²) in [6.45, 7) is 2.65. The summed E-state index contributed by atoms with van der Waals surface area (Å²) in [5.74, 6) is 0.812. The molecule has 2 aliphatic rings. The summed E-state index contributed by atoms with van der Waals surface area (Å²) in [6.07, 6.45) is 0.893. The van der Waals surface area contributed by atoms with Crippen molar-refractivity contribution in [3.05, 3.63) is 114 Å². The zero-order chi connectivity index (χ0) is 23.6. The predicted molar refractivity (Wildman–Crippen MR) is 139 cm³/mol. The van der Waals surface area contributed by atoms with Crippen LogP contribution in [-0.2, 0) is 23.4 Å². The van der Waals surface area contributed by atoms with E-state index in [1.54, 1.807) is 0 Å². The molecule has 3 heterocycles. The quantitative estimate of drug-likeness (QED) is 0.366. The van der Waals surface area contributed by atoms with Gasteiger partial charge in [0.25, 0.3) is 5.91 Å². The Morgan fingerprint density at radius 2 is 1.63 bits per heavy atom. The van der Waals surface area contributed by atoms with Crippen molar-refractivity contribution in [1.82, 2.24) is 9.55 Å². The molecule has 1 spiro atoms. The molecular weight excluding hydrogens is 432 g/mol. The van der Waals surface area contributed by atoms with Crippen LogP contribution in [-0.4, -0.2) is 15.5 Å². The summed E-state index contributed by atoms with van der Waals surface area (Å²) in [5, 5.41) is 3.71. The average Bonchev–Trinajstić information content (AvgIpc) is 3.40. The van der Waals surface area contributed by atoms with Crippen molar-refractivity contribution in [1.29, 1.82) is 0 Å². The van der Waals surface area contributed by atoms with Crippen LogP contribution in [0.15, 0.2) is 97.1 Å². The van der Waals surface area contributed by atoms with Crippen LogP contribution in [0.25, 0.3) is 22.4 Å². The minimum atomic E-state index is -1.12. The van der Waals surface area contributed by atoms with Crippen LogP contribution in [0.3, 0.4) is 0 Å². The minimum Gasteiger partial charge on any atom is -0.350 e. The summed E-state index contributed by atoms with van der Waals surface area (Å²) in [5.41, 5.74) is 6.81. The third kappa shape index (κ3) is 2.69. The predicted octanol–water partition coefficient (Wildman–Crippen LogP) is 5.94. The van der Waals surface area contributed by atoms with Crippen molar-refractivity contribution in [2.24, 2.45) is 0 Å². The van der Waals surface area contributed by atoms with E-state index in [0.29, 0.717) is 6.54 Å². The molecule has 1 unspecified atom stereocenters. The number of amides is 1. The lowest BCUT2D eigenvalue weighted by Crippen LogP contribution is -2.53. The van der Waals surface area contributed by atoms with Gasteiger partial charge in [-0.05, 0) is 53.9 Å². The van der Waals surface area contributed by atoms with Gasteiger partial charge in [-0.1, -0.05) is 67.6 Å². The molecule has 0 saturated heterocycles. The van der Waals surface area contributed by atoms with Gasteiger partial charge in [0.1, 0.15) is 5.82 Å². The Kier molecular flexibility index (Phi) is 4.18. The van der Waals surface area contributed by atoms with E-state index >= 15 is 0 Å². The highest BCUT2D eigenvalue weighted by Gasteiger charge is 2.56. The monoisotopic (exact) mass is 456 g/mol. The van der Waals surface area contributed by atoms with Crippen LogP contribution in [0.2, 0.25) is 0 Å². The van der Waals surface area contributed by atoms with Gasteiger partial charge in [0.15, 0.2) is 0 Å². The van der Waals surface area contributed by atoms with Gasteiger partial charge in [-0.15, -0.1) is 0 Å². The molecular formula is C30H24N4O. The number of nitrogens with zero attached hydrogens (tertiary/aromatic N) is 3. The van der Waals surface area contributed by atoms with Crippen molar-refractivity contribution < 1.29 is 4.79 Å². The number of para-hydroxylation sites is 3. The fourth-order valence-corrected chi connectivity index (χ4v) is 5.59. The molecule has 5 nitrogen and oxygen atoms in total. The van der Waals surface area contributed by atoms with Gasteiger partial charge < -0.3 is 10.2 Å². The number of nitrogens with one attached hydrogen (secondary N) is 1. The molecule has 4 aromatic carbocycles. The van der Waals surface area contributed by atoms with Crippen LogP contribution in [0.1, 0.15) is 23.6 Å². The first kappa shape index (κ1) is 20.0. The zero-order valence-electron chi connectivity index (χ0n) is 19.4.